The summed E-state index contributed by atoms with van der Waals surface area (Å²) in [5.74, 6) is 0. The average molecular weight is 305 g/mol. The van der Waals surface area contributed by atoms with Crippen LogP contribution < -0.4 is 0 Å². The maximum Gasteiger partial charge on any atom is 0.0927 e. The smallest absolute Gasteiger partial charge is 0.0927 e. The van der Waals surface area contributed by atoms with Crippen molar-refractivity contribution in [3.05, 3.63) is 63.9 Å². The minimum atomic E-state index is 0.499. The van der Waals surface area contributed by atoms with Crippen molar-refractivity contribution in [2.45, 2.75) is 13.3 Å². The Kier molecular flexibility index (Phi) is 4.10. The maximum absolute atomic E-state index is 9.13. The van der Waals surface area contributed by atoms with Crippen molar-refractivity contribution in [2.24, 2.45) is 5.16 Å². The van der Waals surface area contributed by atoms with E-state index in [1.807, 2.05) is 43.3 Å². The van der Waals surface area contributed by atoms with Crippen molar-refractivity contribution in [1.29, 1.82) is 0 Å². The van der Waals surface area contributed by atoms with Gasteiger partial charge in [-0.3, -0.25) is 4.98 Å². The summed E-state index contributed by atoms with van der Waals surface area (Å²) in [6.45, 7) is 2.02. The van der Waals surface area contributed by atoms with Crippen LogP contribution in [0.3, 0.4) is 0 Å². The van der Waals surface area contributed by atoms with E-state index in [2.05, 4.69) is 26.1 Å². The molecule has 0 saturated heterocycles. The molecule has 0 radical (unpaired) electrons. The number of nitrogens with zero attached hydrogens (tertiary/aromatic N) is 2. The lowest BCUT2D eigenvalue weighted by molar-refractivity contribution is 0.318. The Balaban J connectivity index is 2.23. The molecule has 0 aliphatic heterocycles. The zero-order chi connectivity index (χ0) is 13.0. The summed E-state index contributed by atoms with van der Waals surface area (Å²) in [6, 6.07) is 11.7. The molecular formula is C14H13BrN2O. The normalized spacial score (nSPS) is 11.6. The van der Waals surface area contributed by atoms with E-state index in [1.54, 1.807) is 6.20 Å². The monoisotopic (exact) mass is 304 g/mol. The molecule has 0 aliphatic rings. The number of aromatic nitrogens is 1. The molecule has 0 atom stereocenters. The van der Waals surface area contributed by atoms with Crippen LogP contribution in [-0.4, -0.2) is 15.9 Å². The van der Waals surface area contributed by atoms with Crippen molar-refractivity contribution in [1.82, 2.24) is 4.98 Å². The third kappa shape index (κ3) is 3.17. The predicted octanol–water partition coefficient (Wildman–Crippen LogP) is 3.57. The van der Waals surface area contributed by atoms with Crippen molar-refractivity contribution in [3.63, 3.8) is 0 Å². The summed E-state index contributed by atoms with van der Waals surface area (Å²) in [5, 5.41) is 12.5. The molecule has 1 aromatic heterocycles. The van der Waals surface area contributed by atoms with Crippen LogP contribution in [0, 0.1) is 6.92 Å². The highest BCUT2D eigenvalue weighted by Gasteiger charge is 2.07. The fourth-order valence-electron chi connectivity index (χ4n) is 1.66. The molecule has 3 nitrogen and oxygen atoms in total. The van der Waals surface area contributed by atoms with Gasteiger partial charge < -0.3 is 5.21 Å². The van der Waals surface area contributed by atoms with Gasteiger partial charge >= 0.3 is 0 Å². The summed E-state index contributed by atoms with van der Waals surface area (Å²) in [5.41, 5.74) is 3.56. The topological polar surface area (TPSA) is 45.5 Å². The van der Waals surface area contributed by atoms with E-state index in [-0.39, 0.29) is 0 Å². The Hall–Kier alpha value is -1.68. The third-order valence-electron chi connectivity index (χ3n) is 2.63. The Morgan fingerprint density at radius 2 is 2.00 bits per heavy atom. The molecule has 0 unspecified atom stereocenters. The van der Waals surface area contributed by atoms with Crippen LogP contribution in [-0.2, 0) is 6.42 Å². The van der Waals surface area contributed by atoms with E-state index in [9.17, 15) is 0 Å². The fourth-order valence-corrected chi connectivity index (χ4v) is 2.04. The first-order valence-corrected chi connectivity index (χ1v) is 6.37. The largest absolute Gasteiger partial charge is 0.411 e. The van der Waals surface area contributed by atoms with Crippen LogP contribution in [0.5, 0.6) is 0 Å². The minimum absolute atomic E-state index is 0.499. The molecule has 0 aliphatic carbocycles. The quantitative estimate of drug-likeness (QED) is 0.535. The lowest BCUT2D eigenvalue weighted by Crippen LogP contribution is -2.06. The first-order chi connectivity index (χ1) is 8.69. The van der Waals surface area contributed by atoms with Crippen LogP contribution >= 0.6 is 15.9 Å². The van der Waals surface area contributed by atoms with Gasteiger partial charge in [-0.05, 0) is 24.6 Å². The highest BCUT2D eigenvalue weighted by atomic mass is 79.9. The van der Waals surface area contributed by atoms with Crippen molar-refractivity contribution in [2.75, 3.05) is 0 Å². The average Bonchev–Trinajstić information content (AvgIpc) is 2.37. The number of halogens is 1. The molecule has 0 spiro atoms. The van der Waals surface area contributed by atoms with Gasteiger partial charge in [0.15, 0.2) is 0 Å². The van der Waals surface area contributed by atoms with Crippen molar-refractivity contribution in [3.8, 4) is 0 Å². The van der Waals surface area contributed by atoms with Crippen molar-refractivity contribution < 1.29 is 5.21 Å². The zero-order valence-corrected chi connectivity index (χ0v) is 11.6. The number of benzene rings is 1. The van der Waals surface area contributed by atoms with E-state index in [4.69, 9.17) is 5.21 Å². The molecule has 1 heterocycles. The van der Waals surface area contributed by atoms with Gasteiger partial charge in [-0.25, -0.2) is 0 Å². The lowest BCUT2D eigenvalue weighted by Gasteiger charge is -2.05. The summed E-state index contributed by atoms with van der Waals surface area (Å²) in [6.07, 6.45) is 2.22. The van der Waals surface area contributed by atoms with E-state index in [0.717, 1.165) is 15.7 Å². The molecule has 4 heteroatoms. The van der Waals surface area contributed by atoms with E-state index >= 15 is 0 Å². The molecule has 1 aromatic carbocycles. The standard InChI is InChI=1S/C14H13BrN2O/c1-10-2-4-11(5-3-10)14(17-18)9-13-8-12(15)6-7-16-13/h2-8,18H,9H2,1H3/b17-14+. The molecule has 2 rings (SSSR count). The van der Waals surface area contributed by atoms with Gasteiger partial charge in [0.2, 0.25) is 0 Å². The Morgan fingerprint density at radius 1 is 1.28 bits per heavy atom. The first-order valence-electron chi connectivity index (χ1n) is 5.57. The van der Waals surface area contributed by atoms with Crippen LogP contribution in [0.25, 0.3) is 0 Å². The Morgan fingerprint density at radius 3 is 2.61 bits per heavy atom. The van der Waals surface area contributed by atoms with Crippen LogP contribution in [0.2, 0.25) is 0 Å². The lowest BCUT2D eigenvalue weighted by atomic mass is 10.0. The second-order valence-electron chi connectivity index (χ2n) is 4.05. The molecule has 1 N–H and O–H groups in total. The number of hydrogen-bond acceptors (Lipinski definition) is 3. The van der Waals surface area contributed by atoms with Gasteiger partial charge in [0.05, 0.1) is 5.71 Å². The summed E-state index contributed by atoms with van der Waals surface area (Å²) >= 11 is 3.40. The number of rotatable bonds is 3. The van der Waals surface area contributed by atoms with Crippen LogP contribution in [0.4, 0.5) is 0 Å². The molecule has 0 saturated carbocycles. The van der Waals surface area contributed by atoms with Gasteiger partial charge in [-0.2, -0.15) is 0 Å². The van der Waals surface area contributed by atoms with Gasteiger partial charge in [-0.15, -0.1) is 0 Å². The van der Waals surface area contributed by atoms with Crippen LogP contribution in [0.15, 0.2) is 52.2 Å². The second kappa shape index (κ2) is 5.78. The Labute approximate surface area is 114 Å². The minimum Gasteiger partial charge on any atom is -0.411 e. The predicted molar refractivity (Wildman–Crippen MR) is 75.1 cm³/mol. The van der Waals surface area contributed by atoms with Gasteiger partial charge in [0, 0.05) is 22.8 Å². The number of hydrogen-bond donors (Lipinski definition) is 1. The maximum atomic E-state index is 9.13. The number of pyridine rings is 1. The van der Waals surface area contributed by atoms with E-state index in [1.165, 1.54) is 5.56 Å². The summed E-state index contributed by atoms with van der Waals surface area (Å²) < 4.78 is 0.966. The van der Waals surface area contributed by atoms with Gasteiger partial charge in [0.1, 0.15) is 0 Å². The Bertz CT molecular complexity index is 564. The third-order valence-corrected chi connectivity index (χ3v) is 3.13. The fraction of sp³-hybridized carbons (Fsp3) is 0.143. The van der Waals surface area contributed by atoms with E-state index < -0.39 is 0 Å². The molecule has 0 amide bonds. The van der Waals surface area contributed by atoms with E-state index in [0.29, 0.717) is 12.1 Å². The summed E-state index contributed by atoms with van der Waals surface area (Å²) in [7, 11) is 0. The molecule has 18 heavy (non-hydrogen) atoms. The van der Waals surface area contributed by atoms with Crippen molar-refractivity contribution >= 4 is 21.6 Å². The van der Waals surface area contributed by atoms with Crippen LogP contribution in [0.1, 0.15) is 16.8 Å². The highest BCUT2D eigenvalue weighted by molar-refractivity contribution is 9.10. The second-order valence-corrected chi connectivity index (χ2v) is 4.97. The number of oxime groups is 1. The molecule has 0 bridgehead atoms. The summed E-state index contributed by atoms with van der Waals surface area (Å²) in [4.78, 5) is 4.25. The molecule has 92 valence electrons. The SMILES string of the molecule is Cc1ccc(/C(Cc2cc(Br)ccn2)=N/O)cc1. The first kappa shape index (κ1) is 12.8. The van der Waals surface area contributed by atoms with Gasteiger partial charge in [0.25, 0.3) is 0 Å². The molecular weight excluding hydrogens is 292 g/mol. The molecule has 0 fully saturated rings. The molecule has 2 aromatic rings. The van der Waals surface area contributed by atoms with Gasteiger partial charge in [-0.1, -0.05) is 50.9 Å². The zero-order valence-electron chi connectivity index (χ0n) is 9.97. The number of aryl methyl sites for hydroxylation is 1. The highest BCUT2D eigenvalue weighted by Crippen LogP contribution is 2.13.